The molecule has 1 saturated carbocycles. The highest BCUT2D eigenvalue weighted by molar-refractivity contribution is 5.78. The van der Waals surface area contributed by atoms with Crippen LogP contribution in [0, 0.1) is 5.92 Å². The van der Waals surface area contributed by atoms with Gasteiger partial charge in [-0.2, -0.15) is 0 Å². The van der Waals surface area contributed by atoms with Crippen molar-refractivity contribution in [2.75, 3.05) is 19.7 Å². The number of hydrogen-bond acceptors (Lipinski definition) is 5. The van der Waals surface area contributed by atoms with E-state index in [9.17, 15) is 9.90 Å². The van der Waals surface area contributed by atoms with Crippen LogP contribution in [0.25, 0.3) is 6.08 Å². The van der Waals surface area contributed by atoms with Crippen LogP contribution in [0.5, 0.6) is 0 Å². The van der Waals surface area contributed by atoms with Gasteiger partial charge in [-0.25, -0.2) is 9.97 Å². The van der Waals surface area contributed by atoms with Crippen LogP contribution in [-0.2, 0) is 11.3 Å². The second-order valence-electron chi connectivity index (χ2n) is 9.27. The summed E-state index contributed by atoms with van der Waals surface area (Å²) in [6.07, 6.45) is 12.4. The van der Waals surface area contributed by atoms with E-state index in [-0.39, 0.29) is 30.0 Å². The highest BCUT2D eigenvalue weighted by atomic mass is 16.3. The zero-order valence-corrected chi connectivity index (χ0v) is 18.0. The molecule has 1 N–H and O–H groups in total. The molecule has 2 aromatic rings. The van der Waals surface area contributed by atoms with Crippen LogP contribution in [0.2, 0.25) is 0 Å². The first-order valence-electron chi connectivity index (χ1n) is 11.3. The Morgan fingerprint density at radius 2 is 1.90 bits per heavy atom. The number of carbonyl (C=O) groups is 1. The van der Waals surface area contributed by atoms with Crippen molar-refractivity contribution in [3.63, 3.8) is 0 Å². The molecule has 1 spiro atoms. The van der Waals surface area contributed by atoms with Gasteiger partial charge in [0, 0.05) is 56.0 Å². The fourth-order valence-corrected chi connectivity index (χ4v) is 5.46. The molecule has 0 unspecified atom stereocenters. The maximum Gasteiger partial charge on any atom is 0.222 e. The van der Waals surface area contributed by atoms with Crippen LogP contribution in [0.1, 0.15) is 48.8 Å². The normalized spacial score (nSPS) is 24.9. The smallest absolute Gasteiger partial charge is 0.222 e. The third-order valence-corrected chi connectivity index (χ3v) is 7.19. The summed E-state index contributed by atoms with van der Waals surface area (Å²) in [4.78, 5) is 25.4. The molecule has 5 rings (SSSR count). The predicted molar refractivity (Wildman–Crippen MR) is 119 cm³/mol. The summed E-state index contributed by atoms with van der Waals surface area (Å²) in [7, 11) is 0. The first kappa shape index (κ1) is 20.3. The molecule has 0 radical (unpaired) electrons. The Labute approximate surface area is 183 Å². The largest absolute Gasteiger partial charge is 0.395 e. The van der Waals surface area contributed by atoms with Gasteiger partial charge in [-0.1, -0.05) is 36.4 Å². The molecular weight excluding hydrogens is 388 g/mol. The maximum absolute atomic E-state index is 12.7. The van der Waals surface area contributed by atoms with Gasteiger partial charge in [0.05, 0.1) is 12.1 Å². The zero-order valence-electron chi connectivity index (χ0n) is 18.0. The molecule has 6 heteroatoms. The third kappa shape index (κ3) is 3.68. The van der Waals surface area contributed by atoms with E-state index in [1.807, 2.05) is 30.3 Å². The van der Waals surface area contributed by atoms with Crippen molar-refractivity contribution in [2.24, 2.45) is 5.92 Å². The van der Waals surface area contributed by atoms with Crippen molar-refractivity contribution in [2.45, 2.75) is 50.2 Å². The SMILES string of the molecule is CC=Cc1ccc([C@H]2[C@@H](CO)N(Cc3cncnc3)C23CN(C(=O)CC2CC2)C3)cc1. The minimum atomic E-state index is -0.134. The minimum absolute atomic E-state index is 0.0217. The van der Waals surface area contributed by atoms with E-state index >= 15 is 0 Å². The number of likely N-dealkylation sites (tertiary alicyclic amines) is 2. The second kappa shape index (κ2) is 8.17. The van der Waals surface area contributed by atoms with Gasteiger partial charge in [-0.05, 0) is 36.8 Å². The number of hydrogen-bond donors (Lipinski definition) is 1. The molecular formula is C25H30N4O2. The van der Waals surface area contributed by atoms with Crippen LogP contribution >= 0.6 is 0 Å². The number of aliphatic hydroxyl groups is 1. The van der Waals surface area contributed by atoms with Crippen molar-refractivity contribution < 1.29 is 9.90 Å². The number of rotatable bonds is 7. The molecule has 1 aliphatic carbocycles. The monoisotopic (exact) mass is 418 g/mol. The molecule has 3 fully saturated rings. The van der Waals surface area contributed by atoms with Crippen LogP contribution in [-0.4, -0.2) is 62.1 Å². The predicted octanol–water partition coefficient (Wildman–Crippen LogP) is 2.85. The molecule has 1 aromatic heterocycles. The lowest BCUT2D eigenvalue weighted by molar-refractivity contribution is -0.200. The molecule has 2 atom stereocenters. The van der Waals surface area contributed by atoms with E-state index in [1.54, 1.807) is 0 Å². The summed E-state index contributed by atoms with van der Waals surface area (Å²) in [6, 6.07) is 8.66. The van der Waals surface area contributed by atoms with Crippen molar-refractivity contribution >= 4 is 12.0 Å². The van der Waals surface area contributed by atoms with Crippen LogP contribution in [0.15, 0.2) is 49.1 Å². The lowest BCUT2D eigenvalue weighted by atomic mass is 9.60. The number of nitrogens with zero attached hydrogens (tertiary/aromatic N) is 4. The van der Waals surface area contributed by atoms with Gasteiger partial charge in [0.15, 0.2) is 0 Å². The molecule has 6 nitrogen and oxygen atoms in total. The highest BCUT2D eigenvalue weighted by Gasteiger charge is 2.66. The van der Waals surface area contributed by atoms with Crippen molar-refractivity contribution in [3.8, 4) is 0 Å². The van der Waals surface area contributed by atoms with Gasteiger partial charge >= 0.3 is 0 Å². The zero-order chi connectivity index (χ0) is 21.4. The number of carbonyl (C=O) groups excluding carboxylic acids is 1. The first-order chi connectivity index (χ1) is 15.1. The van der Waals surface area contributed by atoms with E-state index in [4.69, 9.17) is 0 Å². The molecule has 162 valence electrons. The average molecular weight is 419 g/mol. The number of aromatic nitrogens is 2. The van der Waals surface area contributed by atoms with Crippen molar-refractivity contribution in [1.82, 2.24) is 19.8 Å². The fourth-order valence-electron chi connectivity index (χ4n) is 5.46. The molecule has 3 heterocycles. The Morgan fingerprint density at radius 1 is 1.19 bits per heavy atom. The summed E-state index contributed by atoms with van der Waals surface area (Å²) in [6.45, 7) is 4.24. The lowest BCUT2D eigenvalue weighted by Gasteiger charge is -2.70. The fraction of sp³-hybridized carbons (Fsp3) is 0.480. The van der Waals surface area contributed by atoms with Gasteiger partial charge < -0.3 is 10.0 Å². The summed E-state index contributed by atoms with van der Waals surface area (Å²) in [5.74, 6) is 1.08. The number of amides is 1. The quantitative estimate of drug-likeness (QED) is 0.749. The Hall–Kier alpha value is -2.57. The topological polar surface area (TPSA) is 69.6 Å². The Bertz CT molecular complexity index is 949. The summed E-state index contributed by atoms with van der Waals surface area (Å²) in [5, 5.41) is 10.3. The first-order valence-corrected chi connectivity index (χ1v) is 11.3. The highest BCUT2D eigenvalue weighted by Crippen LogP contribution is 2.54. The second-order valence-corrected chi connectivity index (χ2v) is 9.27. The molecule has 2 saturated heterocycles. The van der Waals surface area contributed by atoms with E-state index in [1.165, 1.54) is 30.3 Å². The van der Waals surface area contributed by atoms with Crippen molar-refractivity contribution in [1.29, 1.82) is 0 Å². The van der Waals surface area contributed by atoms with Gasteiger partial charge in [-0.15, -0.1) is 0 Å². The summed E-state index contributed by atoms with van der Waals surface area (Å²) in [5.41, 5.74) is 3.31. The molecule has 0 bridgehead atoms. The Balaban J connectivity index is 1.40. The number of allylic oxidation sites excluding steroid dienone is 1. The molecule has 31 heavy (non-hydrogen) atoms. The minimum Gasteiger partial charge on any atom is -0.395 e. The van der Waals surface area contributed by atoms with Gasteiger partial charge in [0.25, 0.3) is 0 Å². The molecule has 3 aliphatic rings. The molecule has 1 aromatic carbocycles. The van der Waals surface area contributed by atoms with E-state index in [0.717, 1.165) is 18.7 Å². The van der Waals surface area contributed by atoms with E-state index in [0.29, 0.717) is 18.9 Å². The lowest BCUT2D eigenvalue weighted by Crippen LogP contribution is -2.84. The number of aliphatic hydroxyl groups excluding tert-OH is 1. The standard InChI is InChI=1S/C25H30N4O2/c1-2-3-18-6-8-21(9-7-18)24-22(14-30)29(13-20-11-26-17-27-12-20)25(24)15-28(16-25)23(31)10-19-4-5-19/h2-3,6-9,11-12,17,19,22,24,30H,4-5,10,13-16H2,1H3/t22-,24+/m1/s1. The summed E-state index contributed by atoms with van der Waals surface area (Å²) < 4.78 is 0. The van der Waals surface area contributed by atoms with Gasteiger partial charge in [0.1, 0.15) is 6.33 Å². The average Bonchev–Trinajstić information content (AvgIpc) is 3.56. The summed E-state index contributed by atoms with van der Waals surface area (Å²) >= 11 is 0. The Morgan fingerprint density at radius 3 is 2.52 bits per heavy atom. The van der Waals surface area contributed by atoms with Gasteiger partial charge in [-0.3, -0.25) is 9.69 Å². The van der Waals surface area contributed by atoms with E-state index < -0.39 is 0 Å². The molecule has 2 aliphatic heterocycles. The van der Waals surface area contributed by atoms with Crippen LogP contribution in [0.3, 0.4) is 0 Å². The van der Waals surface area contributed by atoms with Gasteiger partial charge in [0.2, 0.25) is 5.91 Å². The number of benzene rings is 1. The third-order valence-electron chi connectivity index (χ3n) is 7.19. The van der Waals surface area contributed by atoms with Crippen LogP contribution in [0.4, 0.5) is 0 Å². The molecule has 1 amide bonds. The van der Waals surface area contributed by atoms with Crippen LogP contribution < -0.4 is 0 Å². The Kier molecular flexibility index (Phi) is 5.36. The van der Waals surface area contributed by atoms with Crippen molar-refractivity contribution in [3.05, 3.63) is 65.8 Å². The maximum atomic E-state index is 12.7. The van der Waals surface area contributed by atoms with E-state index in [2.05, 4.69) is 45.2 Å².